The Morgan fingerprint density at radius 2 is 0.430 bits per heavy atom. The molecule has 1 aromatic heterocycles. The van der Waals surface area contributed by atoms with Crippen molar-refractivity contribution in [2.45, 2.75) is 0 Å². The number of nitrogens with zero attached hydrogens (tertiary/aromatic N) is 3. The second kappa shape index (κ2) is 21.4. The van der Waals surface area contributed by atoms with E-state index < -0.39 is 0 Å². The number of aromatic nitrogens is 3. The Bertz CT molecular complexity index is 5030. The van der Waals surface area contributed by atoms with Gasteiger partial charge in [-0.25, -0.2) is 15.0 Å². The summed E-state index contributed by atoms with van der Waals surface area (Å²) in [5.41, 5.74) is 18.9. The fourth-order valence-electron chi connectivity index (χ4n) is 12.7. The summed E-state index contributed by atoms with van der Waals surface area (Å²) in [7, 11) is 0. The van der Waals surface area contributed by atoms with Crippen molar-refractivity contribution in [2.24, 2.45) is 0 Å². The summed E-state index contributed by atoms with van der Waals surface area (Å²) in [6, 6.07) is 116. The zero-order valence-corrected chi connectivity index (χ0v) is 46.9. The minimum Gasteiger partial charge on any atom is -0.208 e. The van der Waals surface area contributed by atoms with Gasteiger partial charge in [0, 0.05) is 16.7 Å². The zero-order valence-electron chi connectivity index (χ0n) is 46.9. The van der Waals surface area contributed by atoms with Crippen LogP contribution >= 0.6 is 0 Å². The first-order valence-electron chi connectivity index (χ1n) is 29.4. The van der Waals surface area contributed by atoms with Crippen LogP contribution in [0.4, 0.5) is 0 Å². The average molecular weight is 1090 g/mol. The van der Waals surface area contributed by atoms with E-state index in [1.807, 2.05) is 0 Å². The monoisotopic (exact) mass is 1090 g/mol. The first-order chi connectivity index (χ1) is 42.6. The van der Waals surface area contributed by atoms with Crippen molar-refractivity contribution in [1.82, 2.24) is 15.0 Å². The molecule has 0 fully saturated rings. The minimum atomic E-state index is 0.600. The molecular formula is C83H53N3. The van der Waals surface area contributed by atoms with E-state index >= 15 is 0 Å². The van der Waals surface area contributed by atoms with E-state index in [0.717, 1.165) is 82.7 Å². The molecular weight excluding hydrogens is 1040 g/mol. The van der Waals surface area contributed by atoms with Gasteiger partial charge in [-0.1, -0.05) is 267 Å². The molecule has 3 nitrogen and oxygen atoms in total. The van der Waals surface area contributed by atoms with Crippen LogP contribution in [0.2, 0.25) is 0 Å². The fraction of sp³-hybridized carbons (Fsp3) is 0. The topological polar surface area (TPSA) is 38.7 Å². The molecule has 0 saturated heterocycles. The Morgan fingerprint density at radius 1 is 0.140 bits per heavy atom. The van der Waals surface area contributed by atoms with Crippen molar-refractivity contribution >= 4 is 53.9 Å². The number of fused-ring (bicyclic) bond motifs is 8. The summed E-state index contributed by atoms with van der Waals surface area (Å²) in [5.74, 6) is 1.80. The lowest BCUT2D eigenvalue weighted by atomic mass is 9.91. The third-order valence-corrected chi connectivity index (χ3v) is 17.1. The summed E-state index contributed by atoms with van der Waals surface area (Å²) < 4.78 is 0. The second-order valence-electron chi connectivity index (χ2n) is 22.3. The Balaban J connectivity index is 0.791. The van der Waals surface area contributed by atoms with Crippen LogP contribution in [0.1, 0.15) is 0 Å². The van der Waals surface area contributed by atoms with Gasteiger partial charge in [-0.2, -0.15) is 0 Å². The molecule has 0 aliphatic carbocycles. The number of rotatable bonds is 10. The maximum absolute atomic E-state index is 5.39. The first-order valence-corrected chi connectivity index (χ1v) is 29.4. The van der Waals surface area contributed by atoms with Crippen LogP contribution < -0.4 is 0 Å². The van der Waals surface area contributed by atoms with Crippen LogP contribution in [0, 0.1) is 0 Å². The summed E-state index contributed by atoms with van der Waals surface area (Å²) >= 11 is 0. The summed E-state index contributed by atoms with van der Waals surface area (Å²) in [6.45, 7) is 0. The molecule has 15 aromatic carbocycles. The predicted molar refractivity (Wildman–Crippen MR) is 362 cm³/mol. The van der Waals surface area contributed by atoms with Gasteiger partial charge in [0.25, 0.3) is 0 Å². The molecule has 0 N–H and O–H groups in total. The molecule has 0 unspecified atom stereocenters. The Labute approximate surface area is 499 Å². The lowest BCUT2D eigenvalue weighted by Crippen LogP contribution is -2.00. The van der Waals surface area contributed by atoms with E-state index in [1.54, 1.807) is 0 Å². The number of hydrogen-bond acceptors (Lipinski definition) is 3. The first kappa shape index (κ1) is 50.3. The molecule has 0 radical (unpaired) electrons. The van der Waals surface area contributed by atoms with Crippen molar-refractivity contribution in [3.8, 4) is 112 Å². The minimum absolute atomic E-state index is 0.600. The van der Waals surface area contributed by atoms with E-state index in [2.05, 4.69) is 322 Å². The predicted octanol–water partition coefficient (Wildman–Crippen LogP) is 22.3. The molecule has 16 rings (SSSR count). The highest BCUT2D eigenvalue weighted by Gasteiger charge is 2.18. The summed E-state index contributed by atoms with van der Waals surface area (Å²) in [5, 5.41) is 12.2. The normalized spacial score (nSPS) is 11.5. The van der Waals surface area contributed by atoms with E-state index in [0.29, 0.717) is 17.5 Å². The zero-order chi connectivity index (χ0) is 56.9. The SMILES string of the molecule is c1ccc(-c2cc(-c3ccccc3)c3cc(-c4nc(-c5ccc(-c6cccc(-c7cccc(-c8ccc9c%10ccccc%10c%10ccccc%10c9c8)c7)c6)cc5)nc(-c5ccc6cc(-c7ccccc7)cc(-c7ccccc7)c6c5)n4)ccc3c2)cc1. The van der Waals surface area contributed by atoms with Gasteiger partial charge in [-0.05, 0) is 186 Å². The molecule has 400 valence electrons. The summed E-state index contributed by atoms with van der Waals surface area (Å²) in [6.07, 6.45) is 0. The van der Waals surface area contributed by atoms with Crippen LogP contribution in [0.3, 0.4) is 0 Å². The van der Waals surface area contributed by atoms with Gasteiger partial charge >= 0.3 is 0 Å². The van der Waals surface area contributed by atoms with Gasteiger partial charge in [0.1, 0.15) is 0 Å². The third kappa shape index (κ3) is 9.34. The molecule has 0 aliphatic heterocycles. The van der Waals surface area contributed by atoms with Gasteiger partial charge in [0.05, 0.1) is 0 Å². The molecule has 0 aliphatic rings. The molecule has 86 heavy (non-hydrogen) atoms. The second-order valence-corrected chi connectivity index (χ2v) is 22.3. The molecule has 0 atom stereocenters. The molecule has 0 bridgehead atoms. The lowest BCUT2D eigenvalue weighted by Gasteiger charge is -2.14. The van der Waals surface area contributed by atoms with Crippen LogP contribution in [-0.2, 0) is 0 Å². The maximum Gasteiger partial charge on any atom is 0.164 e. The highest BCUT2D eigenvalue weighted by atomic mass is 15.0. The number of benzene rings is 15. The maximum atomic E-state index is 5.39. The number of hydrogen-bond donors (Lipinski definition) is 0. The highest BCUT2D eigenvalue weighted by Crippen LogP contribution is 2.42. The van der Waals surface area contributed by atoms with E-state index in [-0.39, 0.29) is 0 Å². The quantitative estimate of drug-likeness (QED) is 0.128. The van der Waals surface area contributed by atoms with E-state index in [1.165, 1.54) is 65.7 Å². The third-order valence-electron chi connectivity index (χ3n) is 17.1. The molecule has 16 aromatic rings. The highest BCUT2D eigenvalue weighted by molar-refractivity contribution is 6.25. The van der Waals surface area contributed by atoms with Gasteiger partial charge in [0.2, 0.25) is 0 Å². The molecule has 0 amide bonds. The molecule has 0 spiro atoms. The van der Waals surface area contributed by atoms with Crippen molar-refractivity contribution in [2.75, 3.05) is 0 Å². The molecule has 0 saturated carbocycles. The van der Waals surface area contributed by atoms with Gasteiger partial charge in [-0.15, -0.1) is 0 Å². The smallest absolute Gasteiger partial charge is 0.164 e. The average Bonchev–Trinajstić information content (AvgIpc) is 1.23. The van der Waals surface area contributed by atoms with Crippen LogP contribution in [-0.4, -0.2) is 15.0 Å². The summed E-state index contributed by atoms with van der Waals surface area (Å²) in [4.78, 5) is 16.1. The Kier molecular flexibility index (Phi) is 12.5. The van der Waals surface area contributed by atoms with Crippen LogP contribution in [0.5, 0.6) is 0 Å². The van der Waals surface area contributed by atoms with E-state index in [9.17, 15) is 0 Å². The molecule has 3 heteroatoms. The lowest BCUT2D eigenvalue weighted by molar-refractivity contribution is 1.08. The fourth-order valence-corrected chi connectivity index (χ4v) is 12.7. The Hall–Kier alpha value is -11.4. The Morgan fingerprint density at radius 3 is 0.872 bits per heavy atom. The van der Waals surface area contributed by atoms with Gasteiger partial charge < -0.3 is 0 Å². The largest absolute Gasteiger partial charge is 0.208 e. The standard InChI is InChI=1S/C83H53N3/c1-5-19-54(20-6-1)69-47-65-39-41-67(50-78(65)76(52-69)57-23-9-3-10-24-57)82-84-81(85-83(86-82)68-42-40-66-48-70(55-21-7-2-8-22-55)53-77(79(66)51-68)58-25-11-4-12-26-58)59-37-35-56(36-38-59)60-27-17-28-61(45-60)62-29-18-30-63(46-62)64-43-44-75-73-33-14-13-31-71(73)72-32-15-16-34-74(72)80(75)49-64/h1-53H. The molecule has 1 heterocycles. The van der Waals surface area contributed by atoms with E-state index in [4.69, 9.17) is 15.0 Å². The van der Waals surface area contributed by atoms with Crippen molar-refractivity contribution in [3.63, 3.8) is 0 Å². The van der Waals surface area contributed by atoms with Gasteiger partial charge in [-0.3, -0.25) is 0 Å². The van der Waals surface area contributed by atoms with Crippen molar-refractivity contribution in [1.29, 1.82) is 0 Å². The van der Waals surface area contributed by atoms with Crippen molar-refractivity contribution < 1.29 is 0 Å². The van der Waals surface area contributed by atoms with Crippen molar-refractivity contribution in [3.05, 3.63) is 322 Å². The van der Waals surface area contributed by atoms with Crippen LogP contribution in [0.25, 0.3) is 166 Å². The van der Waals surface area contributed by atoms with Crippen LogP contribution in [0.15, 0.2) is 322 Å². The van der Waals surface area contributed by atoms with Gasteiger partial charge in [0.15, 0.2) is 17.5 Å².